The van der Waals surface area contributed by atoms with Crippen molar-refractivity contribution in [2.75, 3.05) is 26.2 Å². The van der Waals surface area contributed by atoms with Crippen LogP contribution in [0.15, 0.2) is 77.8 Å². The first-order chi connectivity index (χ1) is 21.5. The number of rotatable bonds is 6. The van der Waals surface area contributed by atoms with Gasteiger partial charge in [-0.05, 0) is 101 Å². The number of benzene rings is 3. The summed E-state index contributed by atoms with van der Waals surface area (Å²) >= 11 is 12.8. The zero-order valence-electron chi connectivity index (χ0n) is 28.7. The van der Waals surface area contributed by atoms with E-state index in [9.17, 15) is 4.79 Å². The molecule has 3 aromatic rings. The third-order valence-electron chi connectivity index (χ3n) is 10.5. The quantitative estimate of drug-likeness (QED) is 0.264. The number of hydrogen-bond donors (Lipinski definition) is 0. The van der Waals surface area contributed by atoms with Gasteiger partial charge in [-0.3, -0.25) is 14.8 Å². The lowest BCUT2D eigenvalue weighted by atomic mass is 9.71. The average molecular weight is 664 g/mol. The van der Waals surface area contributed by atoms with E-state index in [4.69, 9.17) is 32.9 Å². The number of piperazine rings is 1. The van der Waals surface area contributed by atoms with E-state index in [-0.39, 0.29) is 17.0 Å². The molecule has 2 unspecified atom stereocenters. The van der Waals surface area contributed by atoms with Gasteiger partial charge < -0.3 is 9.64 Å². The third-order valence-corrected chi connectivity index (χ3v) is 11.1. The summed E-state index contributed by atoms with van der Waals surface area (Å²) in [5, 5.41) is 1.28. The minimum atomic E-state index is -0.906. The van der Waals surface area contributed by atoms with Crippen molar-refractivity contribution >= 4 is 35.1 Å². The Morgan fingerprint density at radius 1 is 0.783 bits per heavy atom. The fraction of sp³-hybridized carbons (Fsp3) is 0.474. The Morgan fingerprint density at radius 3 is 1.76 bits per heavy atom. The van der Waals surface area contributed by atoms with Crippen LogP contribution in [0.2, 0.25) is 10.0 Å². The molecule has 2 heterocycles. The Hall–Kier alpha value is -3.06. The molecule has 6 nitrogen and oxygen atoms in total. The van der Waals surface area contributed by atoms with E-state index in [0.29, 0.717) is 35.0 Å². The van der Waals surface area contributed by atoms with Crippen molar-refractivity contribution in [3.8, 4) is 5.75 Å². The molecule has 3 aromatic carbocycles. The molecule has 0 aromatic heterocycles. The molecule has 2 aliphatic heterocycles. The molecule has 2 amide bonds. The Morgan fingerprint density at radius 2 is 1.28 bits per heavy atom. The van der Waals surface area contributed by atoms with Crippen molar-refractivity contribution in [2.45, 2.75) is 85.0 Å². The molecule has 246 valence electrons. The van der Waals surface area contributed by atoms with Gasteiger partial charge in [0.2, 0.25) is 0 Å². The minimum Gasteiger partial charge on any atom is -0.487 e. The number of ether oxygens (including phenoxy) is 1. The Bertz CT molecular complexity index is 1570. The van der Waals surface area contributed by atoms with Gasteiger partial charge in [0.15, 0.2) is 0 Å². The number of urea groups is 1. The van der Waals surface area contributed by atoms with Crippen molar-refractivity contribution in [2.24, 2.45) is 10.4 Å². The van der Waals surface area contributed by atoms with Crippen LogP contribution in [0, 0.1) is 5.41 Å². The van der Waals surface area contributed by atoms with Crippen LogP contribution in [0.3, 0.4) is 0 Å². The van der Waals surface area contributed by atoms with Crippen LogP contribution in [-0.4, -0.2) is 64.4 Å². The molecule has 0 aliphatic carbocycles. The van der Waals surface area contributed by atoms with Crippen molar-refractivity contribution in [1.29, 1.82) is 0 Å². The topological polar surface area (TPSA) is 48.4 Å². The summed E-state index contributed by atoms with van der Waals surface area (Å²) in [4.78, 5) is 26.7. The summed E-state index contributed by atoms with van der Waals surface area (Å²) in [6.07, 6.45) is 0. The molecule has 0 bridgehead atoms. The van der Waals surface area contributed by atoms with Crippen molar-refractivity contribution in [3.05, 3.63) is 99.5 Å². The molecule has 5 rings (SSSR count). The molecular weight excluding hydrogens is 615 g/mol. The van der Waals surface area contributed by atoms with E-state index in [2.05, 4.69) is 67.2 Å². The smallest absolute Gasteiger partial charge is 0.326 e. The molecule has 8 heteroatoms. The lowest BCUT2D eigenvalue weighted by Gasteiger charge is -2.47. The highest BCUT2D eigenvalue weighted by atomic mass is 35.5. The largest absolute Gasteiger partial charge is 0.487 e. The van der Waals surface area contributed by atoms with E-state index >= 15 is 0 Å². The molecule has 46 heavy (non-hydrogen) atoms. The Kier molecular flexibility index (Phi) is 9.33. The summed E-state index contributed by atoms with van der Waals surface area (Å²) in [7, 11) is 0. The maximum Gasteiger partial charge on any atom is 0.326 e. The van der Waals surface area contributed by atoms with Gasteiger partial charge in [0.05, 0.1) is 0 Å². The van der Waals surface area contributed by atoms with Crippen LogP contribution >= 0.6 is 23.2 Å². The summed E-state index contributed by atoms with van der Waals surface area (Å²) in [6, 6.07) is 23.9. The fourth-order valence-corrected chi connectivity index (χ4v) is 6.52. The molecule has 0 spiro atoms. The maximum atomic E-state index is 14.9. The first kappa shape index (κ1) is 34.3. The summed E-state index contributed by atoms with van der Waals surface area (Å²) in [5.74, 6) is 1.39. The van der Waals surface area contributed by atoms with Gasteiger partial charge in [-0.15, -0.1) is 0 Å². The summed E-state index contributed by atoms with van der Waals surface area (Å²) < 4.78 is 6.47. The first-order valence-corrected chi connectivity index (χ1v) is 17.0. The maximum absolute atomic E-state index is 14.9. The van der Waals surface area contributed by atoms with Crippen LogP contribution in [-0.2, 0) is 11.1 Å². The lowest BCUT2D eigenvalue weighted by Crippen LogP contribution is -2.61. The molecule has 0 N–H and O–H groups in total. The first-order valence-electron chi connectivity index (χ1n) is 16.2. The zero-order chi connectivity index (χ0) is 33.7. The molecule has 0 radical (unpaired) electrons. The monoisotopic (exact) mass is 662 g/mol. The third kappa shape index (κ3) is 6.16. The van der Waals surface area contributed by atoms with Gasteiger partial charge in [0.25, 0.3) is 0 Å². The predicted molar refractivity (Wildman–Crippen MR) is 190 cm³/mol. The van der Waals surface area contributed by atoms with Crippen molar-refractivity contribution in [1.82, 2.24) is 14.7 Å². The summed E-state index contributed by atoms with van der Waals surface area (Å²) in [5.41, 5.74) is 0.515. The fourth-order valence-electron chi connectivity index (χ4n) is 6.27. The van der Waals surface area contributed by atoms with E-state index in [1.165, 1.54) is 0 Å². The summed E-state index contributed by atoms with van der Waals surface area (Å²) in [6.45, 7) is 22.3. The van der Waals surface area contributed by atoms with Gasteiger partial charge in [0.1, 0.15) is 28.3 Å². The van der Waals surface area contributed by atoms with E-state index in [0.717, 1.165) is 35.5 Å². The SMILES string of the molecule is CC(C)N1CCN(C(=O)N2C(c3ccc(OC(C)(C)C(C)(C)C)cc3)=NC(C)(c3ccc(Cl)cc3)C2(C)c2ccc(Cl)cc2)CC1. The second kappa shape index (κ2) is 12.5. The Labute approximate surface area is 285 Å². The second-order valence-electron chi connectivity index (χ2n) is 14.7. The highest BCUT2D eigenvalue weighted by Crippen LogP contribution is 2.53. The lowest BCUT2D eigenvalue weighted by molar-refractivity contribution is 0.000809. The number of hydrogen-bond acceptors (Lipinski definition) is 4. The van der Waals surface area contributed by atoms with Crippen LogP contribution < -0.4 is 4.74 Å². The van der Waals surface area contributed by atoms with Crippen molar-refractivity contribution in [3.63, 3.8) is 0 Å². The van der Waals surface area contributed by atoms with Crippen LogP contribution in [0.1, 0.15) is 79.0 Å². The number of amides is 2. The molecule has 2 atom stereocenters. The van der Waals surface area contributed by atoms with E-state index in [1.807, 2.05) is 82.6 Å². The van der Waals surface area contributed by atoms with Gasteiger partial charge in [-0.2, -0.15) is 0 Å². The van der Waals surface area contributed by atoms with E-state index < -0.39 is 11.1 Å². The molecule has 1 fully saturated rings. The normalized spacial score (nSPS) is 22.7. The predicted octanol–water partition coefficient (Wildman–Crippen LogP) is 9.24. The van der Waals surface area contributed by atoms with Gasteiger partial charge in [-0.25, -0.2) is 4.79 Å². The molecule has 0 saturated carbocycles. The highest BCUT2D eigenvalue weighted by molar-refractivity contribution is 6.30. The average Bonchev–Trinajstić information content (AvgIpc) is 3.25. The minimum absolute atomic E-state index is 0.0634. The number of amidine groups is 1. The molecular formula is C38H48Cl2N4O2. The zero-order valence-corrected chi connectivity index (χ0v) is 30.2. The number of aliphatic imine (C=N–C) groups is 1. The Balaban J connectivity index is 1.65. The number of carbonyl (C=O) groups is 1. The highest BCUT2D eigenvalue weighted by Gasteiger charge is 2.60. The van der Waals surface area contributed by atoms with Crippen LogP contribution in [0.25, 0.3) is 0 Å². The van der Waals surface area contributed by atoms with E-state index in [1.54, 1.807) is 0 Å². The van der Waals surface area contributed by atoms with Gasteiger partial charge >= 0.3 is 6.03 Å². The van der Waals surface area contributed by atoms with Crippen LogP contribution in [0.4, 0.5) is 4.79 Å². The molecule has 2 aliphatic rings. The standard InChI is InChI=1S/C38H48Cl2N4O2/c1-26(2)42-22-24-43(25-23-42)34(45)44-33(27-10-20-32(21-11-27)46-36(6,7)35(3,4)5)41-37(8,28-12-16-30(39)17-13-28)38(44,9)29-14-18-31(40)19-15-29/h10-21,26H,22-25H2,1-9H3. The van der Waals surface area contributed by atoms with Crippen LogP contribution in [0.5, 0.6) is 5.75 Å². The van der Waals surface area contributed by atoms with Crippen molar-refractivity contribution < 1.29 is 9.53 Å². The number of nitrogens with zero attached hydrogens (tertiary/aromatic N) is 4. The molecule has 1 saturated heterocycles. The second-order valence-corrected chi connectivity index (χ2v) is 15.6. The number of carbonyl (C=O) groups excluding carboxylic acids is 1. The number of halogens is 2. The van der Waals surface area contributed by atoms with Gasteiger partial charge in [0, 0.05) is 53.2 Å². The van der Waals surface area contributed by atoms with Gasteiger partial charge in [-0.1, -0.05) is 68.2 Å².